The number of H-pyrrole nitrogens is 1. The summed E-state index contributed by atoms with van der Waals surface area (Å²) >= 11 is 0. The normalized spacial score (nSPS) is 16.0. The van der Waals surface area contributed by atoms with E-state index in [1.807, 2.05) is 37.3 Å². The van der Waals surface area contributed by atoms with Crippen molar-refractivity contribution in [2.24, 2.45) is 0 Å². The van der Waals surface area contributed by atoms with Gasteiger partial charge in [0.05, 0.1) is 0 Å². The number of aryl methyl sites for hydroxylation is 1. The number of ketones is 1. The van der Waals surface area contributed by atoms with Gasteiger partial charge in [-0.3, -0.25) is 14.8 Å². The quantitative estimate of drug-likeness (QED) is 0.312. The number of nitrogens with zero attached hydrogens (tertiary/aromatic N) is 5. The standard InChI is InChI=1S/C30H33N7O/c1-21-3-2-4-25(17-21)27(38)18-22-5-7-23(8-6-22)20-36-13-15-37(16-14-36)30-31-12-11-28(33-30)32-29-19-26(34-35-29)24-9-10-24/h2-8,11-12,17,19,24H,9-10,13-16,18,20H2,1H3,(H2,31,32,33,34,35). The van der Waals surface area contributed by atoms with Gasteiger partial charge in [0.2, 0.25) is 5.95 Å². The minimum Gasteiger partial charge on any atom is -0.338 e. The summed E-state index contributed by atoms with van der Waals surface area (Å²) in [5.74, 6) is 3.10. The van der Waals surface area contributed by atoms with Crippen molar-refractivity contribution in [3.05, 3.63) is 94.8 Å². The summed E-state index contributed by atoms with van der Waals surface area (Å²) in [5.41, 5.74) is 5.40. The van der Waals surface area contributed by atoms with Gasteiger partial charge in [-0.05, 0) is 43.0 Å². The number of carbonyl (C=O) groups is 1. The van der Waals surface area contributed by atoms with E-state index in [4.69, 9.17) is 4.98 Å². The number of piperazine rings is 1. The molecule has 1 aliphatic heterocycles. The third kappa shape index (κ3) is 5.92. The molecule has 8 nitrogen and oxygen atoms in total. The average Bonchev–Trinajstić information content (AvgIpc) is 3.69. The van der Waals surface area contributed by atoms with Crippen LogP contribution in [-0.4, -0.2) is 57.0 Å². The van der Waals surface area contributed by atoms with E-state index in [2.05, 4.69) is 60.6 Å². The third-order valence-corrected chi connectivity index (χ3v) is 7.30. The zero-order valence-corrected chi connectivity index (χ0v) is 21.7. The Labute approximate surface area is 223 Å². The number of rotatable bonds is 9. The minimum atomic E-state index is 0.159. The van der Waals surface area contributed by atoms with Crippen molar-refractivity contribution in [2.45, 2.75) is 38.6 Å². The first-order valence-corrected chi connectivity index (χ1v) is 13.4. The predicted octanol–water partition coefficient (Wildman–Crippen LogP) is 4.88. The first-order valence-electron chi connectivity index (χ1n) is 13.4. The highest BCUT2D eigenvalue weighted by molar-refractivity contribution is 5.97. The van der Waals surface area contributed by atoms with Crippen molar-refractivity contribution in [1.82, 2.24) is 25.1 Å². The molecule has 2 N–H and O–H groups in total. The fourth-order valence-electron chi connectivity index (χ4n) is 4.94. The summed E-state index contributed by atoms with van der Waals surface area (Å²) < 4.78 is 0. The lowest BCUT2D eigenvalue weighted by Gasteiger charge is -2.34. The maximum Gasteiger partial charge on any atom is 0.227 e. The number of nitrogens with one attached hydrogen (secondary N) is 2. The Morgan fingerprint density at radius 1 is 0.974 bits per heavy atom. The van der Waals surface area contributed by atoms with Gasteiger partial charge in [-0.1, -0.05) is 48.0 Å². The molecule has 3 heterocycles. The van der Waals surface area contributed by atoms with Gasteiger partial charge < -0.3 is 10.2 Å². The number of anilines is 3. The Bertz CT molecular complexity index is 1400. The van der Waals surface area contributed by atoms with Gasteiger partial charge >= 0.3 is 0 Å². The van der Waals surface area contributed by atoms with Crippen LogP contribution in [0.2, 0.25) is 0 Å². The molecular formula is C30H33N7O. The highest BCUT2D eigenvalue weighted by atomic mass is 16.1. The van der Waals surface area contributed by atoms with E-state index in [-0.39, 0.29) is 5.78 Å². The van der Waals surface area contributed by atoms with Gasteiger partial charge in [-0.15, -0.1) is 0 Å². The second kappa shape index (κ2) is 10.8. The van der Waals surface area contributed by atoms with Gasteiger partial charge in [0.1, 0.15) is 5.82 Å². The first kappa shape index (κ1) is 24.3. The molecule has 2 aromatic heterocycles. The van der Waals surface area contributed by atoms with E-state index >= 15 is 0 Å². The largest absolute Gasteiger partial charge is 0.338 e. The summed E-state index contributed by atoms with van der Waals surface area (Å²) in [6.45, 7) is 6.54. The molecule has 0 radical (unpaired) electrons. The lowest BCUT2D eigenvalue weighted by Crippen LogP contribution is -2.46. The molecule has 8 heteroatoms. The Kier molecular flexibility index (Phi) is 6.88. The number of hydrogen-bond donors (Lipinski definition) is 2. The van der Waals surface area contributed by atoms with E-state index in [0.717, 1.165) is 67.0 Å². The van der Waals surface area contributed by atoms with Gasteiger partial charge in [0.25, 0.3) is 0 Å². The Balaban J connectivity index is 0.995. The number of benzene rings is 2. The number of Topliss-reactive ketones (excluding diaryl/α,β-unsaturated/α-hetero) is 1. The van der Waals surface area contributed by atoms with Gasteiger partial charge in [0.15, 0.2) is 11.6 Å². The van der Waals surface area contributed by atoms with Crippen LogP contribution in [0.15, 0.2) is 66.9 Å². The molecule has 2 aliphatic rings. The Hall–Kier alpha value is -4.04. The fraction of sp³-hybridized carbons (Fsp3) is 0.333. The maximum absolute atomic E-state index is 12.6. The van der Waals surface area contributed by atoms with Crippen LogP contribution in [0.1, 0.15) is 51.5 Å². The number of carbonyl (C=O) groups excluding carboxylic acids is 1. The second-order valence-corrected chi connectivity index (χ2v) is 10.4. The summed E-state index contributed by atoms with van der Waals surface area (Å²) in [6.07, 6.45) is 4.72. The number of hydrogen-bond acceptors (Lipinski definition) is 7. The SMILES string of the molecule is Cc1cccc(C(=O)Cc2ccc(CN3CCN(c4nccc(Nc5cc(C6CC6)[nH]n5)n4)CC3)cc2)c1. The Morgan fingerprint density at radius 2 is 1.76 bits per heavy atom. The van der Waals surface area contributed by atoms with Crippen molar-refractivity contribution in [2.75, 3.05) is 36.4 Å². The van der Waals surface area contributed by atoms with E-state index in [9.17, 15) is 4.79 Å². The van der Waals surface area contributed by atoms with Gasteiger partial charge in [0, 0.05) is 68.6 Å². The van der Waals surface area contributed by atoms with Crippen molar-refractivity contribution >= 4 is 23.4 Å². The van der Waals surface area contributed by atoms with E-state index < -0.39 is 0 Å². The summed E-state index contributed by atoms with van der Waals surface area (Å²) in [6, 6.07) is 20.2. The zero-order chi connectivity index (χ0) is 25.9. The van der Waals surface area contributed by atoms with E-state index in [0.29, 0.717) is 12.3 Å². The van der Waals surface area contributed by atoms with Crippen molar-refractivity contribution in [1.29, 1.82) is 0 Å². The molecule has 38 heavy (non-hydrogen) atoms. The van der Waals surface area contributed by atoms with Crippen LogP contribution in [0.25, 0.3) is 0 Å². The molecule has 0 atom stereocenters. The number of aromatic nitrogens is 4. The van der Waals surface area contributed by atoms with E-state index in [1.165, 1.54) is 24.1 Å². The molecule has 194 valence electrons. The highest BCUT2D eigenvalue weighted by Crippen LogP contribution is 2.39. The van der Waals surface area contributed by atoms with Gasteiger partial charge in [-0.2, -0.15) is 10.1 Å². The molecule has 4 aromatic rings. The maximum atomic E-state index is 12.6. The lowest BCUT2D eigenvalue weighted by molar-refractivity contribution is 0.0993. The Morgan fingerprint density at radius 3 is 2.53 bits per heavy atom. The zero-order valence-electron chi connectivity index (χ0n) is 21.7. The highest BCUT2D eigenvalue weighted by Gasteiger charge is 2.25. The smallest absolute Gasteiger partial charge is 0.227 e. The molecule has 2 aromatic carbocycles. The van der Waals surface area contributed by atoms with Crippen LogP contribution < -0.4 is 10.2 Å². The average molecular weight is 508 g/mol. The lowest BCUT2D eigenvalue weighted by atomic mass is 10.0. The van der Waals surface area contributed by atoms with Crippen LogP contribution in [0.5, 0.6) is 0 Å². The summed E-state index contributed by atoms with van der Waals surface area (Å²) in [4.78, 5) is 26.6. The van der Waals surface area contributed by atoms with Gasteiger partial charge in [-0.25, -0.2) is 4.98 Å². The van der Waals surface area contributed by atoms with Crippen LogP contribution in [-0.2, 0) is 13.0 Å². The van der Waals surface area contributed by atoms with Crippen LogP contribution >= 0.6 is 0 Å². The molecule has 1 saturated heterocycles. The predicted molar refractivity (Wildman–Crippen MR) is 149 cm³/mol. The third-order valence-electron chi connectivity index (χ3n) is 7.30. The molecule has 0 unspecified atom stereocenters. The van der Waals surface area contributed by atoms with Crippen molar-refractivity contribution in [3.63, 3.8) is 0 Å². The molecule has 0 amide bonds. The topological polar surface area (TPSA) is 90.0 Å². The second-order valence-electron chi connectivity index (χ2n) is 10.4. The molecule has 6 rings (SSSR count). The monoisotopic (exact) mass is 507 g/mol. The summed E-state index contributed by atoms with van der Waals surface area (Å²) in [7, 11) is 0. The molecule has 0 spiro atoms. The van der Waals surface area contributed by atoms with Crippen LogP contribution in [0.3, 0.4) is 0 Å². The van der Waals surface area contributed by atoms with E-state index in [1.54, 1.807) is 6.20 Å². The minimum absolute atomic E-state index is 0.159. The fourth-order valence-corrected chi connectivity index (χ4v) is 4.94. The van der Waals surface area contributed by atoms with Crippen LogP contribution in [0, 0.1) is 6.92 Å². The molecule has 0 bridgehead atoms. The van der Waals surface area contributed by atoms with Crippen molar-refractivity contribution < 1.29 is 4.79 Å². The first-order chi connectivity index (χ1) is 18.6. The number of aromatic amines is 1. The summed E-state index contributed by atoms with van der Waals surface area (Å²) in [5, 5.41) is 10.8. The van der Waals surface area contributed by atoms with Crippen LogP contribution in [0.4, 0.5) is 17.6 Å². The van der Waals surface area contributed by atoms with Crippen molar-refractivity contribution in [3.8, 4) is 0 Å². The molecule has 2 fully saturated rings. The molecule has 1 saturated carbocycles. The molecular weight excluding hydrogens is 474 g/mol. The molecule has 1 aliphatic carbocycles.